The molecule has 3 rings (SSSR count). The summed E-state index contributed by atoms with van der Waals surface area (Å²) in [6, 6.07) is 17.4. The van der Waals surface area contributed by atoms with E-state index in [0.29, 0.717) is 34.5 Å². The molecule has 1 saturated heterocycles. The minimum Gasteiger partial charge on any atom is -0.489 e. The normalized spacial score (nSPS) is 14.4. The third-order valence-electron chi connectivity index (χ3n) is 5.23. The molecule has 0 saturated carbocycles. The van der Waals surface area contributed by atoms with Crippen molar-refractivity contribution >= 4 is 52.2 Å². The van der Waals surface area contributed by atoms with Gasteiger partial charge in [0.25, 0.3) is 5.91 Å². The molecule has 0 aliphatic carbocycles. The van der Waals surface area contributed by atoms with Gasteiger partial charge in [-0.2, -0.15) is 0 Å². The van der Waals surface area contributed by atoms with Crippen molar-refractivity contribution in [2.45, 2.75) is 38.7 Å². The molecule has 2 aromatic rings. The molecule has 2 aromatic carbocycles. The Morgan fingerprint density at radius 1 is 1.06 bits per heavy atom. The fourth-order valence-electron chi connectivity index (χ4n) is 3.39. The molecule has 1 aliphatic rings. The van der Waals surface area contributed by atoms with Crippen molar-refractivity contribution in [2.24, 2.45) is 0 Å². The Balaban J connectivity index is 1.47. The zero-order chi connectivity index (χ0) is 25.0. The molecule has 35 heavy (non-hydrogen) atoms. The first-order valence-electron chi connectivity index (χ1n) is 11.4. The average molecular weight is 513 g/mol. The second-order valence-electron chi connectivity index (χ2n) is 7.98. The van der Waals surface area contributed by atoms with Crippen LogP contribution >= 0.6 is 24.0 Å². The summed E-state index contributed by atoms with van der Waals surface area (Å²) in [5, 5.41) is 11.4. The fraction of sp³-hybridized carbons (Fsp3) is 0.308. The monoisotopic (exact) mass is 512 g/mol. The van der Waals surface area contributed by atoms with Crippen molar-refractivity contribution in [3.8, 4) is 5.75 Å². The van der Waals surface area contributed by atoms with Crippen molar-refractivity contribution in [3.63, 3.8) is 0 Å². The van der Waals surface area contributed by atoms with Crippen molar-refractivity contribution in [2.75, 3.05) is 13.1 Å². The molecule has 184 valence electrons. The van der Waals surface area contributed by atoms with Gasteiger partial charge in [-0.3, -0.25) is 19.3 Å². The number of aliphatic carboxylic acids is 1. The molecular weight excluding hydrogens is 484 g/mol. The number of amides is 2. The minimum atomic E-state index is -0.810. The molecular formula is C26H28N2O5S2. The highest BCUT2D eigenvalue weighted by molar-refractivity contribution is 8.26. The maximum absolute atomic E-state index is 12.9. The van der Waals surface area contributed by atoms with Crippen LogP contribution in [0.5, 0.6) is 5.75 Å². The van der Waals surface area contributed by atoms with Gasteiger partial charge in [-0.25, -0.2) is 0 Å². The lowest BCUT2D eigenvalue weighted by molar-refractivity contribution is -0.137. The van der Waals surface area contributed by atoms with E-state index in [1.807, 2.05) is 54.6 Å². The number of nitrogens with zero attached hydrogens (tertiary/aromatic N) is 1. The van der Waals surface area contributed by atoms with Crippen molar-refractivity contribution in [3.05, 3.63) is 70.6 Å². The Labute approximate surface area is 214 Å². The molecule has 0 unspecified atom stereocenters. The Morgan fingerprint density at radius 2 is 1.86 bits per heavy atom. The van der Waals surface area contributed by atoms with Gasteiger partial charge in [-0.1, -0.05) is 72.9 Å². The Bertz CT molecular complexity index is 1090. The van der Waals surface area contributed by atoms with Crippen LogP contribution < -0.4 is 10.1 Å². The first-order valence-corrected chi connectivity index (χ1v) is 12.7. The number of carboxylic acid groups (broad SMARTS) is 1. The average Bonchev–Trinajstić information content (AvgIpc) is 3.11. The summed E-state index contributed by atoms with van der Waals surface area (Å²) in [5.74, 6) is -0.477. The van der Waals surface area contributed by atoms with Gasteiger partial charge in [0.15, 0.2) is 0 Å². The van der Waals surface area contributed by atoms with Crippen LogP contribution in [0.15, 0.2) is 59.5 Å². The predicted molar refractivity (Wildman–Crippen MR) is 141 cm³/mol. The zero-order valence-electron chi connectivity index (χ0n) is 19.3. The van der Waals surface area contributed by atoms with Crippen LogP contribution in [0.4, 0.5) is 0 Å². The number of benzene rings is 2. The molecule has 2 N–H and O–H groups in total. The van der Waals surface area contributed by atoms with Crippen molar-refractivity contribution in [1.82, 2.24) is 10.2 Å². The van der Waals surface area contributed by atoms with Gasteiger partial charge in [0, 0.05) is 25.9 Å². The molecule has 9 heteroatoms. The van der Waals surface area contributed by atoms with Crippen LogP contribution in [0.1, 0.15) is 43.2 Å². The Morgan fingerprint density at radius 3 is 2.63 bits per heavy atom. The lowest BCUT2D eigenvalue weighted by atomic mass is 10.2. The quantitative estimate of drug-likeness (QED) is 0.230. The maximum Gasteiger partial charge on any atom is 0.303 e. The number of thioether (sulfide) groups is 1. The fourth-order valence-corrected chi connectivity index (χ4v) is 4.70. The van der Waals surface area contributed by atoms with E-state index in [1.165, 1.54) is 16.7 Å². The number of nitrogens with one attached hydrogen (secondary N) is 1. The topological polar surface area (TPSA) is 95.9 Å². The molecule has 2 amide bonds. The molecule has 0 radical (unpaired) electrons. The highest BCUT2D eigenvalue weighted by Crippen LogP contribution is 2.33. The standard InChI is InChI=1S/C26H28N2O5S2/c29-23(27-14-6-2-5-12-24(30)31)13-15-28-25(32)22(35-26(28)34)17-20-10-7-11-21(16-20)33-18-19-8-3-1-4-9-19/h1,3-4,7-11,16-17H,2,5-6,12-15,18H2,(H,27,29)(H,30,31)/b22-17-. The third-order valence-corrected chi connectivity index (χ3v) is 6.61. The first-order chi connectivity index (χ1) is 16.9. The lowest BCUT2D eigenvalue weighted by Gasteiger charge is -2.14. The van der Waals surface area contributed by atoms with E-state index in [-0.39, 0.29) is 31.2 Å². The molecule has 0 aromatic heterocycles. The Kier molecular flexibility index (Phi) is 10.3. The summed E-state index contributed by atoms with van der Waals surface area (Å²) < 4.78 is 6.30. The third kappa shape index (κ3) is 8.84. The highest BCUT2D eigenvalue weighted by Gasteiger charge is 2.32. The summed E-state index contributed by atoms with van der Waals surface area (Å²) in [6.45, 7) is 1.16. The van der Waals surface area contributed by atoms with Gasteiger partial charge in [0.1, 0.15) is 16.7 Å². The summed E-state index contributed by atoms with van der Waals surface area (Å²) in [4.78, 5) is 37.4. The van der Waals surface area contributed by atoms with E-state index in [2.05, 4.69) is 5.32 Å². The second kappa shape index (κ2) is 13.7. The second-order valence-corrected chi connectivity index (χ2v) is 9.66. The number of unbranched alkanes of at least 4 members (excludes halogenated alkanes) is 2. The van der Waals surface area contributed by atoms with Gasteiger partial charge in [-0.15, -0.1) is 0 Å². The SMILES string of the molecule is O=C(O)CCCCCNC(=O)CCN1C(=O)/C(=C/c2cccc(OCc3ccccc3)c2)SC1=S. The molecule has 1 fully saturated rings. The van der Waals surface area contributed by atoms with E-state index >= 15 is 0 Å². The van der Waals surface area contributed by atoms with E-state index in [4.69, 9.17) is 22.1 Å². The van der Waals surface area contributed by atoms with Crippen LogP contribution in [0, 0.1) is 0 Å². The predicted octanol–water partition coefficient (Wildman–Crippen LogP) is 4.62. The van der Waals surface area contributed by atoms with Crippen molar-refractivity contribution < 1.29 is 24.2 Å². The molecule has 1 heterocycles. The number of carbonyl (C=O) groups excluding carboxylic acids is 2. The summed E-state index contributed by atoms with van der Waals surface area (Å²) in [7, 11) is 0. The highest BCUT2D eigenvalue weighted by atomic mass is 32.2. The summed E-state index contributed by atoms with van der Waals surface area (Å²) >= 11 is 6.59. The summed E-state index contributed by atoms with van der Waals surface area (Å²) in [5.41, 5.74) is 1.90. The van der Waals surface area contributed by atoms with Gasteiger partial charge in [0.2, 0.25) is 5.91 Å². The molecule has 1 aliphatic heterocycles. The molecule has 7 nitrogen and oxygen atoms in total. The summed E-state index contributed by atoms with van der Waals surface area (Å²) in [6.07, 6.45) is 4.13. The van der Waals surface area contributed by atoms with E-state index in [0.717, 1.165) is 24.0 Å². The number of ether oxygens (including phenoxy) is 1. The van der Waals surface area contributed by atoms with E-state index < -0.39 is 5.97 Å². The largest absolute Gasteiger partial charge is 0.489 e. The van der Waals surface area contributed by atoms with Gasteiger partial charge < -0.3 is 15.2 Å². The van der Waals surface area contributed by atoms with E-state index in [1.54, 1.807) is 6.08 Å². The molecule has 0 bridgehead atoms. The number of carbonyl (C=O) groups is 3. The number of hydrogen-bond acceptors (Lipinski definition) is 6. The van der Waals surface area contributed by atoms with Crippen LogP contribution in [-0.2, 0) is 21.0 Å². The van der Waals surface area contributed by atoms with Crippen LogP contribution in [0.3, 0.4) is 0 Å². The molecule has 0 atom stereocenters. The Hall–Kier alpha value is -3.17. The smallest absolute Gasteiger partial charge is 0.303 e. The number of hydrogen-bond donors (Lipinski definition) is 2. The zero-order valence-corrected chi connectivity index (χ0v) is 20.9. The number of thiocarbonyl (C=S) groups is 1. The maximum atomic E-state index is 12.9. The van der Waals surface area contributed by atoms with Gasteiger partial charge >= 0.3 is 5.97 Å². The first kappa shape index (κ1) is 26.4. The lowest BCUT2D eigenvalue weighted by Crippen LogP contribution is -2.33. The van der Waals surface area contributed by atoms with Crippen LogP contribution in [0.25, 0.3) is 6.08 Å². The minimum absolute atomic E-state index is 0.140. The van der Waals surface area contributed by atoms with Crippen LogP contribution in [-0.4, -0.2) is 45.2 Å². The van der Waals surface area contributed by atoms with E-state index in [9.17, 15) is 14.4 Å². The van der Waals surface area contributed by atoms with Crippen molar-refractivity contribution in [1.29, 1.82) is 0 Å². The van der Waals surface area contributed by atoms with Gasteiger partial charge in [0.05, 0.1) is 4.91 Å². The van der Waals surface area contributed by atoms with Gasteiger partial charge in [-0.05, 0) is 42.2 Å². The van der Waals surface area contributed by atoms with Crippen LogP contribution in [0.2, 0.25) is 0 Å². The number of rotatable bonds is 13. The molecule has 0 spiro atoms. The number of carboxylic acids is 1.